The number of guanidine groups is 1. The molecule has 0 bridgehead atoms. The van der Waals surface area contributed by atoms with E-state index in [9.17, 15) is 8.42 Å². The van der Waals surface area contributed by atoms with Gasteiger partial charge in [-0.15, -0.1) is 0 Å². The van der Waals surface area contributed by atoms with Gasteiger partial charge in [-0.1, -0.05) is 0 Å². The second-order valence-electron chi connectivity index (χ2n) is 4.00. The topological polar surface area (TPSA) is 97.0 Å². The number of ether oxygens (including phenoxy) is 1. The van der Waals surface area contributed by atoms with E-state index in [1.807, 2.05) is 11.8 Å². The average Bonchev–Trinajstić information content (AvgIpc) is 2.25. The third kappa shape index (κ3) is 4.14. The summed E-state index contributed by atoms with van der Waals surface area (Å²) in [6, 6.07) is -0.119. The first-order valence-electron chi connectivity index (χ1n) is 5.47. The SMILES string of the molecule is COCCN=C(NN)N1CCS(=O)(=O)CC1C. The van der Waals surface area contributed by atoms with Crippen LogP contribution in [0.15, 0.2) is 4.99 Å². The molecule has 8 heteroatoms. The summed E-state index contributed by atoms with van der Waals surface area (Å²) in [5, 5.41) is 0. The molecule has 100 valence electrons. The predicted octanol–water partition coefficient (Wildman–Crippen LogP) is -1.43. The highest BCUT2D eigenvalue weighted by molar-refractivity contribution is 7.91. The summed E-state index contributed by atoms with van der Waals surface area (Å²) in [5.74, 6) is 6.20. The molecule has 1 saturated heterocycles. The Balaban J connectivity index is 2.67. The molecular weight excluding hydrogens is 244 g/mol. The molecule has 7 nitrogen and oxygen atoms in total. The fourth-order valence-corrected chi connectivity index (χ4v) is 3.33. The predicted molar refractivity (Wildman–Crippen MR) is 66.3 cm³/mol. The van der Waals surface area contributed by atoms with Gasteiger partial charge < -0.3 is 9.64 Å². The van der Waals surface area contributed by atoms with E-state index in [2.05, 4.69) is 10.4 Å². The lowest BCUT2D eigenvalue weighted by atomic mass is 10.3. The molecule has 0 aromatic heterocycles. The van der Waals surface area contributed by atoms with Gasteiger partial charge in [0, 0.05) is 19.7 Å². The standard InChI is InChI=1S/C9H20N4O3S/c1-8-7-17(14,15)6-4-13(8)9(12-10)11-3-5-16-2/h8H,3-7,10H2,1-2H3,(H,11,12). The van der Waals surface area contributed by atoms with Crippen LogP contribution in [-0.4, -0.2) is 63.6 Å². The maximum Gasteiger partial charge on any atom is 0.208 e. The first-order valence-corrected chi connectivity index (χ1v) is 7.29. The summed E-state index contributed by atoms with van der Waals surface area (Å²) in [4.78, 5) is 6.11. The molecule has 1 aliphatic heterocycles. The normalized spacial score (nSPS) is 24.8. The zero-order valence-electron chi connectivity index (χ0n) is 10.2. The minimum Gasteiger partial charge on any atom is -0.383 e. The van der Waals surface area contributed by atoms with E-state index in [0.29, 0.717) is 25.7 Å². The molecule has 0 saturated carbocycles. The van der Waals surface area contributed by atoms with Crippen LogP contribution in [0.25, 0.3) is 0 Å². The van der Waals surface area contributed by atoms with Crippen LogP contribution in [-0.2, 0) is 14.6 Å². The molecule has 1 fully saturated rings. The monoisotopic (exact) mass is 264 g/mol. The van der Waals surface area contributed by atoms with E-state index in [0.717, 1.165) is 0 Å². The highest BCUT2D eigenvalue weighted by Gasteiger charge is 2.29. The summed E-state index contributed by atoms with van der Waals surface area (Å²) in [6.07, 6.45) is 0. The molecule has 1 aliphatic rings. The number of nitrogens with zero attached hydrogens (tertiary/aromatic N) is 2. The van der Waals surface area contributed by atoms with Gasteiger partial charge >= 0.3 is 0 Å². The Morgan fingerprint density at radius 3 is 2.88 bits per heavy atom. The van der Waals surface area contributed by atoms with Crippen molar-refractivity contribution in [2.24, 2.45) is 10.8 Å². The lowest BCUT2D eigenvalue weighted by Crippen LogP contribution is -2.55. The Morgan fingerprint density at radius 2 is 2.35 bits per heavy atom. The van der Waals surface area contributed by atoms with Crippen molar-refractivity contribution in [2.45, 2.75) is 13.0 Å². The van der Waals surface area contributed by atoms with Gasteiger partial charge in [0.1, 0.15) is 0 Å². The summed E-state index contributed by atoms with van der Waals surface area (Å²) in [5.41, 5.74) is 2.51. The molecule has 0 radical (unpaired) electrons. The van der Waals surface area contributed by atoms with Crippen LogP contribution in [0, 0.1) is 0 Å². The van der Waals surface area contributed by atoms with Gasteiger partial charge in [0.15, 0.2) is 9.84 Å². The maximum atomic E-state index is 11.4. The van der Waals surface area contributed by atoms with Crippen LogP contribution in [0.3, 0.4) is 0 Å². The highest BCUT2D eigenvalue weighted by atomic mass is 32.2. The van der Waals surface area contributed by atoms with Crippen molar-refractivity contribution in [3.63, 3.8) is 0 Å². The van der Waals surface area contributed by atoms with E-state index in [-0.39, 0.29) is 17.5 Å². The van der Waals surface area contributed by atoms with Crippen LogP contribution in [0.2, 0.25) is 0 Å². The van der Waals surface area contributed by atoms with E-state index >= 15 is 0 Å². The number of hydrogen-bond acceptors (Lipinski definition) is 5. The maximum absolute atomic E-state index is 11.4. The fourth-order valence-electron chi connectivity index (χ4n) is 1.78. The number of rotatable bonds is 3. The van der Waals surface area contributed by atoms with Gasteiger partial charge in [-0.05, 0) is 6.92 Å². The number of hydrazine groups is 1. The summed E-state index contributed by atoms with van der Waals surface area (Å²) >= 11 is 0. The van der Waals surface area contributed by atoms with Gasteiger partial charge in [-0.2, -0.15) is 0 Å². The van der Waals surface area contributed by atoms with Crippen molar-refractivity contribution >= 4 is 15.8 Å². The van der Waals surface area contributed by atoms with Crippen LogP contribution >= 0.6 is 0 Å². The molecule has 1 rings (SSSR count). The molecule has 1 unspecified atom stereocenters. The molecule has 0 aromatic carbocycles. The lowest BCUT2D eigenvalue weighted by Gasteiger charge is -2.35. The van der Waals surface area contributed by atoms with E-state index in [1.54, 1.807) is 7.11 Å². The number of hydrogen-bond donors (Lipinski definition) is 2. The van der Waals surface area contributed by atoms with Crippen LogP contribution in [0.4, 0.5) is 0 Å². The van der Waals surface area contributed by atoms with E-state index in [1.165, 1.54) is 0 Å². The van der Waals surface area contributed by atoms with Crippen molar-refractivity contribution in [3.8, 4) is 0 Å². The minimum atomic E-state index is -2.92. The minimum absolute atomic E-state index is 0.119. The second kappa shape index (κ2) is 6.18. The summed E-state index contributed by atoms with van der Waals surface area (Å²) in [6.45, 7) is 3.26. The Hall–Kier alpha value is -0.860. The molecule has 0 aliphatic carbocycles. The van der Waals surface area contributed by atoms with Gasteiger partial charge in [0.2, 0.25) is 5.96 Å². The molecule has 3 N–H and O–H groups in total. The fraction of sp³-hybridized carbons (Fsp3) is 0.889. The Kier molecular flexibility index (Phi) is 5.16. The molecular formula is C9H20N4O3S. The third-order valence-corrected chi connectivity index (χ3v) is 4.42. The quantitative estimate of drug-likeness (QED) is 0.213. The Morgan fingerprint density at radius 1 is 1.65 bits per heavy atom. The van der Waals surface area contributed by atoms with Gasteiger partial charge in [0.25, 0.3) is 0 Å². The van der Waals surface area contributed by atoms with Gasteiger partial charge in [-0.25, -0.2) is 19.3 Å². The molecule has 1 heterocycles. The van der Waals surface area contributed by atoms with Crippen LogP contribution in [0.1, 0.15) is 6.92 Å². The number of nitrogens with one attached hydrogen (secondary N) is 1. The van der Waals surface area contributed by atoms with Gasteiger partial charge in [-0.3, -0.25) is 5.43 Å². The summed E-state index contributed by atoms with van der Waals surface area (Å²) in [7, 11) is -1.32. The number of nitrogens with two attached hydrogens (primary N) is 1. The molecule has 0 amide bonds. The van der Waals surface area contributed by atoms with Crippen molar-refractivity contribution in [1.29, 1.82) is 0 Å². The third-order valence-electron chi connectivity index (χ3n) is 2.63. The van der Waals surface area contributed by atoms with Crippen LogP contribution in [0.5, 0.6) is 0 Å². The smallest absolute Gasteiger partial charge is 0.208 e. The average molecular weight is 264 g/mol. The summed E-state index contributed by atoms with van der Waals surface area (Å²) < 4.78 is 27.8. The Bertz CT molecular complexity index is 368. The van der Waals surface area contributed by atoms with E-state index in [4.69, 9.17) is 10.6 Å². The molecule has 0 spiro atoms. The lowest BCUT2D eigenvalue weighted by molar-refractivity contribution is 0.207. The largest absolute Gasteiger partial charge is 0.383 e. The molecule has 17 heavy (non-hydrogen) atoms. The van der Waals surface area contributed by atoms with Crippen molar-refractivity contribution in [1.82, 2.24) is 10.3 Å². The van der Waals surface area contributed by atoms with E-state index < -0.39 is 9.84 Å². The zero-order chi connectivity index (χ0) is 12.9. The molecule has 0 aromatic rings. The van der Waals surface area contributed by atoms with Gasteiger partial charge in [0.05, 0.1) is 24.7 Å². The molecule has 1 atom stereocenters. The van der Waals surface area contributed by atoms with Crippen molar-refractivity contribution in [2.75, 3.05) is 38.3 Å². The number of sulfone groups is 1. The van der Waals surface area contributed by atoms with Crippen molar-refractivity contribution in [3.05, 3.63) is 0 Å². The first-order chi connectivity index (χ1) is 8.00. The number of aliphatic imine (C=N–C) groups is 1. The van der Waals surface area contributed by atoms with Crippen molar-refractivity contribution < 1.29 is 13.2 Å². The zero-order valence-corrected chi connectivity index (χ0v) is 11.0. The second-order valence-corrected chi connectivity index (χ2v) is 6.23. The number of methoxy groups -OCH3 is 1. The first kappa shape index (κ1) is 14.2. The Labute approximate surface area is 102 Å². The highest BCUT2D eigenvalue weighted by Crippen LogP contribution is 2.11. The van der Waals surface area contributed by atoms with Crippen LogP contribution < -0.4 is 11.3 Å².